The van der Waals surface area contributed by atoms with Gasteiger partial charge in [-0.25, -0.2) is 9.97 Å². The van der Waals surface area contributed by atoms with Crippen LogP contribution in [0.4, 0.5) is 0 Å². The van der Waals surface area contributed by atoms with E-state index in [0.717, 1.165) is 54.1 Å². The van der Waals surface area contributed by atoms with Crippen LogP contribution in [0.2, 0.25) is 0 Å². The first-order valence-corrected chi connectivity index (χ1v) is 11.0. The summed E-state index contributed by atoms with van der Waals surface area (Å²) in [7, 11) is 1.67. The minimum atomic E-state index is -1.23. The zero-order valence-electron chi connectivity index (χ0n) is 18.6. The predicted octanol–water partition coefficient (Wildman–Crippen LogP) is 3.24. The van der Waals surface area contributed by atoms with Crippen molar-refractivity contribution in [3.63, 3.8) is 0 Å². The van der Waals surface area contributed by atoms with Gasteiger partial charge in [-0.05, 0) is 60.9 Å². The summed E-state index contributed by atoms with van der Waals surface area (Å²) in [5.41, 5.74) is 2.86. The number of aliphatic hydroxyl groups is 1. The van der Waals surface area contributed by atoms with Crippen LogP contribution in [0.5, 0.6) is 5.75 Å². The van der Waals surface area contributed by atoms with Crippen molar-refractivity contribution in [3.8, 4) is 11.4 Å². The highest BCUT2D eigenvalue weighted by Gasteiger charge is 2.59. The average molecular weight is 447 g/mol. The van der Waals surface area contributed by atoms with Crippen molar-refractivity contribution in [1.29, 1.82) is 0 Å². The number of imidazole rings is 1. The molecule has 1 saturated heterocycles. The number of piperidine rings is 1. The van der Waals surface area contributed by atoms with Crippen LogP contribution in [0.25, 0.3) is 11.8 Å². The highest BCUT2D eigenvalue weighted by molar-refractivity contribution is 6.04. The SMILES string of the molecule is COc1cc(C=C2CC3(CC3)CN3C2=NOC3(CO)c2ncco2)ccc1-n1cnc(C)c1. The molecule has 9 nitrogen and oxygen atoms in total. The minimum Gasteiger partial charge on any atom is -0.495 e. The van der Waals surface area contributed by atoms with Crippen LogP contribution < -0.4 is 4.74 Å². The molecular weight excluding hydrogens is 422 g/mol. The second kappa shape index (κ2) is 7.21. The van der Waals surface area contributed by atoms with Gasteiger partial charge in [-0.2, -0.15) is 0 Å². The summed E-state index contributed by atoms with van der Waals surface area (Å²) in [5, 5.41) is 14.7. The smallest absolute Gasteiger partial charge is 0.310 e. The largest absolute Gasteiger partial charge is 0.495 e. The Bertz CT molecular complexity index is 1260. The molecule has 0 radical (unpaired) electrons. The van der Waals surface area contributed by atoms with Gasteiger partial charge in [-0.1, -0.05) is 11.2 Å². The first-order chi connectivity index (χ1) is 16.1. The van der Waals surface area contributed by atoms with Crippen LogP contribution in [0.1, 0.15) is 36.4 Å². The van der Waals surface area contributed by atoms with Crippen LogP contribution in [-0.2, 0) is 10.6 Å². The Morgan fingerprint density at radius 3 is 2.82 bits per heavy atom. The third-order valence-corrected chi connectivity index (χ3v) is 6.79. The van der Waals surface area contributed by atoms with E-state index in [2.05, 4.69) is 27.3 Å². The van der Waals surface area contributed by atoms with Crippen molar-refractivity contribution in [1.82, 2.24) is 19.4 Å². The van der Waals surface area contributed by atoms with Crippen LogP contribution in [0, 0.1) is 12.3 Å². The molecule has 2 fully saturated rings. The number of oxime groups is 1. The first kappa shape index (κ1) is 20.0. The van der Waals surface area contributed by atoms with Gasteiger partial charge in [0.25, 0.3) is 5.89 Å². The number of aromatic nitrogens is 3. The lowest BCUT2D eigenvalue weighted by molar-refractivity contribution is -0.156. The molecule has 2 aliphatic heterocycles. The highest BCUT2D eigenvalue weighted by Crippen LogP contribution is 2.57. The van der Waals surface area contributed by atoms with E-state index in [9.17, 15) is 5.11 Å². The van der Waals surface area contributed by atoms with Crippen LogP contribution in [-0.4, -0.2) is 50.6 Å². The fourth-order valence-corrected chi connectivity index (χ4v) is 4.83. The Kier molecular flexibility index (Phi) is 4.38. The Morgan fingerprint density at radius 2 is 2.15 bits per heavy atom. The molecule has 4 heterocycles. The lowest BCUT2D eigenvalue weighted by Crippen LogP contribution is -2.54. The molecule has 1 aromatic carbocycles. The number of hydrogen-bond donors (Lipinski definition) is 1. The maximum Gasteiger partial charge on any atom is 0.310 e. The number of methoxy groups -OCH3 is 1. The van der Waals surface area contributed by atoms with E-state index in [-0.39, 0.29) is 12.0 Å². The normalized spacial score (nSPS) is 24.0. The number of nitrogens with zero attached hydrogens (tertiary/aromatic N) is 5. The summed E-state index contributed by atoms with van der Waals surface area (Å²) in [5.74, 6) is 1.78. The van der Waals surface area contributed by atoms with Gasteiger partial charge in [0, 0.05) is 12.7 Å². The molecule has 1 atom stereocenters. The molecule has 33 heavy (non-hydrogen) atoms. The van der Waals surface area contributed by atoms with E-state index in [1.54, 1.807) is 19.6 Å². The summed E-state index contributed by atoms with van der Waals surface area (Å²) in [6, 6.07) is 6.10. The summed E-state index contributed by atoms with van der Waals surface area (Å²) < 4.78 is 13.2. The average Bonchev–Trinajstić information content (AvgIpc) is 3.24. The molecule has 0 amide bonds. The van der Waals surface area contributed by atoms with Crippen molar-refractivity contribution in [3.05, 3.63) is 65.9 Å². The first-order valence-electron chi connectivity index (χ1n) is 11.0. The number of oxazole rings is 1. The van der Waals surface area contributed by atoms with Crippen molar-refractivity contribution in [2.75, 3.05) is 20.3 Å². The maximum atomic E-state index is 10.3. The van der Waals surface area contributed by atoms with E-state index in [0.29, 0.717) is 11.7 Å². The molecule has 9 heteroatoms. The second-order valence-corrected chi connectivity index (χ2v) is 9.07. The number of amidine groups is 1. The third kappa shape index (κ3) is 3.14. The molecule has 3 aromatic rings. The van der Waals surface area contributed by atoms with Crippen molar-refractivity contribution >= 4 is 11.9 Å². The molecule has 3 aliphatic rings. The summed E-state index contributed by atoms with van der Waals surface area (Å²) in [6.45, 7) is 2.39. The van der Waals surface area contributed by atoms with Gasteiger partial charge in [0.15, 0.2) is 5.84 Å². The van der Waals surface area contributed by atoms with E-state index < -0.39 is 5.72 Å². The molecule has 1 N–H and O–H groups in total. The summed E-state index contributed by atoms with van der Waals surface area (Å²) >= 11 is 0. The molecule has 0 bridgehead atoms. The highest BCUT2D eigenvalue weighted by atomic mass is 16.7. The molecule has 1 saturated carbocycles. The van der Waals surface area contributed by atoms with Gasteiger partial charge >= 0.3 is 5.72 Å². The summed E-state index contributed by atoms with van der Waals surface area (Å²) in [4.78, 5) is 16.4. The van der Waals surface area contributed by atoms with Crippen molar-refractivity contribution < 1.29 is 19.1 Å². The minimum absolute atomic E-state index is 0.157. The molecule has 170 valence electrons. The van der Waals surface area contributed by atoms with Crippen LogP contribution >= 0.6 is 0 Å². The van der Waals surface area contributed by atoms with Gasteiger partial charge in [-0.3, -0.25) is 0 Å². The van der Waals surface area contributed by atoms with E-state index in [1.807, 2.05) is 34.7 Å². The van der Waals surface area contributed by atoms with Gasteiger partial charge in [0.1, 0.15) is 18.6 Å². The maximum absolute atomic E-state index is 10.3. The van der Waals surface area contributed by atoms with Crippen molar-refractivity contribution in [2.24, 2.45) is 10.6 Å². The topological polar surface area (TPSA) is 98.1 Å². The number of hydrogen-bond acceptors (Lipinski definition) is 8. The van der Waals surface area contributed by atoms with Gasteiger partial charge in [0.05, 0.1) is 31.0 Å². The van der Waals surface area contributed by atoms with Crippen LogP contribution in [0.3, 0.4) is 0 Å². The number of aryl methyl sites for hydroxylation is 1. The second-order valence-electron chi connectivity index (χ2n) is 9.07. The number of rotatable bonds is 5. The molecule has 2 aromatic heterocycles. The number of aliphatic hydroxyl groups excluding tert-OH is 1. The monoisotopic (exact) mass is 447 g/mol. The van der Waals surface area contributed by atoms with E-state index in [4.69, 9.17) is 14.0 Å². The van der Waals surface area contributed by atoms with Gasteiger partial charge < -0.3 is 28.6 Å². The fraction of sp³-hybridized carbons (Fsp3) is 0.375. The Labute approximate surface area is 191 Å². The molecule has 1 unspecified atom stereocenters. The Hall–Kier alpha value is -3.59. The lowest BCUT2D eigenvalue weighted by Gasteiger charge is -2.40. The quantitative estimate of drug-likeness (QED) is 0.641. The zero-order valence-corrected chi connectivity index (χ0v) is 18.6. The zero-order chi connectivity index (χ0) is 22.6. The molecular formula is C24H25N5O4. The van der Waals surface area contributed by atoms with Crippen LogP contribution in [0.15, 0.2) is 58.3 Å². The van der Waals surface area contributed by atoms with Gasteiger partial charge in [0.2, 0.25) is 0 Å². The molecule has 1 aliphatic carbocycles. The standard InChI is InChI=1S/C24H25N5O4/c1-16-12-28(15-26-16)19-4-3-17(10-20(19)31-2)9-18-11-23(5-6-23)13-29-21(18)27-33-24(29,14-30)22-25-7-8-32-22/h3-4,7-10,12,15,30H,5-6,11,13-14H2,1-2H3. The third-order valence-electron chi connectivity index (χ3n) is 6.79. The van der Waals surface area contributed by atoms with Crippen molar-refractivity contribution in [2.45, 2.75) is 31.9 Å². The fourth-order valence-electron chi connectivity index (χ4n) is 4.83. The number of ether oxygens (including phenoxy) is 1. The Morgan fingerprint density at radius 1 is 1.27 bits per heavy atom. The predicted molar refractivity (Wildman–Crippen MR) is 120 cm³/mol. The number of benzene rings is 1. The Balaban J connectivity index is 1.38. The molecule has 6 rings (SSSR count). The summed E-state index contributed by atoms with van der Waals surface area (Å²) in [6.07, 6.45) is 12.1. The van der Waals surface area contributed by atoms with Gasteiger partial charge in [-0.15, -0.1) is 0 Å². The van der Waals surface area contributed by atoms with E-state index in [1.165, 1.54) is 6.26 Å². The molecule has 1 spiro atoms. The van der Waals surface area contributed by atoms with E-state index >= 15 is 0 Å². The lowest BCUT2D eigenvalue weighted by atomic mass is 9.87. The number of fused-ring (bicyclic) bond motifs is 1.